The van der Waals surface area contributed by atoms with Crippen LogP contribution in [0.15, 0.2) is 0 Å². The van der Waals surface area contributed by atoms with Crippen molar-refractivity contribution in [3.05, 3.63) is 34.4 Å². The van der Waals surface area contributed by atoms with Gasteiger partial charge in [0.1, 0.15) is 6.61 Å². The summed E-state index contributed by atoms with van der Waals surface area (Å²) in [5.41, 5.74) is -1.81. The summed E-state index contributed by atoms with van der Waals surface area (Å²) in [6.07, 6.45) is -0.0179. The molecule has 106 valence electrons. The third-order valence-corrected chi connectivity index (χ3v) is 2.40. The van der Waals surface area contributed by atoms with Crippen LogP contribution in [-0.2, 0) is 27.5 Å². The third kappa shape index (κ3) is 3.23. The van der Waals surface area contributed by atoms with Crippen molar-refractivity contribution in [3.8, 4) is 0 Å². The van der Waals surface area contributed by atoms with E-state index in [2.05, 4.69) is 9.47 Å². The minimum atomic E-state index is -1.59. The summed E-state index contributed by atoms with van der Waals surface area (Å²) in [4.78, 5) is 10.9. The van der Waals surface area contributed by atoms with Gasteiger partial charge in [0.25, 0.3) is 0 Å². The molecule has 1 rings (SSSR count). The highest BCUT2D eigenvalue weighted by molar-refractivity contribution is 5.68. The van der Waals surface area contributed by atoms with Crippen molar-refractivity contribution in [3.63, 3.8) is 0 Å². The first kappa shape index (κ1) is 15.4. The van der Waals surface area contributed by atoms with Gasteiger partial charge in [-0.3, -0.25) is 4.79 Å². The molecule has 0 amide bonds. The molecule has 1 aromatic rings. The van der Waals surface area contributed by atoms with Gasteiger partial charge in [0.2, 0.25) is 0 Å². The Hall–Kier alpha value is -1.63. The lowest BCUT2D eigenvalue weighted by Crippen LogP contribution is -2.12. The molecule has 0 aromatic heterocycles. The maximum Gasteiger partial charge on any atom is 0.305 e. The van der Waals surface area contributed by atoms with Crippen LogP contribution in [0.5, 0.6) is 0 Å². The number of ether oxygens (including phenoxy) is 2. The van der Waals surface area contributed by atoms with E-state index >= 15 is 0 Å². The Kier molecular flexibility index (Phi) is 5.29. The van der Waals surface area contributed by atoms with E-state index in [1.54, 1.807) is 0 Å². The number of rotatable bonds is 5. The summed E-state index contributed by atoms with van der Waals surface area (Å²) < 4.78 is 63.0. The number of carbonyl (C=O) groups is 1. The first-order valence-corrected chi connectivity index (χ1v) is 5.42. The highest BCUT2D eigenvalue weighted by atomic mass is 19.2. The topological polar surface area (TPSA) is 35.5 Å². The summed E-state index contributed by atoms with van der Waals surface area (Å²) >= 11 is 0. The van der Waals surface area contributed by atoms with Crippen LogP contribution in [0.25, 0.3) is 0 Å². The van der Waals surface area contributed by atoms with Gasteiger partial charge < -0.3 is 9.47 Å². The lowest BCUT2D eigenvalue weighted by molar-refractivity contribution is -0.144. The quantitative estimate of drug-likeness (QED) is 0.472. The minimum Gasteiger partial charge on any atom is -0.461 e. The van der Waals surface area contributed by atoms with Gasteiger partial charge in [-0.25, -0.2) is 17.6 Å². The standard InChI is InChI=1S/C12H12F4O3/c1-3-8(17)19-5-7-11(15)9(13)6(4-18-2)10(14)12(7)16/h3-5H2,1-2H3. The average Bonchev–Trinajstić information content (AvgIpc) is 2.41. The molecule has 0 aliphatic rings. The van der Waals surface area contributed by atoms with Gasteiger partial charge in [-0.05, 0) is 0 Å². The molecule has 19 heavy (non-hydrogen) atoms. The lowest BCUT2D eigenvalue weighted by atomic mass is 10.1. The zero-order valence-corrected chi connectivity index (χ0v) is 10.4. The van der Waals surface area contributed by atoms with E-state index in [0.29, 0.717) is 0 Å². The molecule has 0 atom stereocenters. The molecule has 3 nitrogen and oxygen atoms in total. The predicted octanol–water partition coefficient (Wildman–Crippen LogP) is 2.84. The number of esters is 1. The molecular weight excluding hydrogens is 268 g/mol. The second-order valence-electron chi connectivity index (χ2n) is 3.66. The summed E-state index contributed by atoms with van der Waals surface area (Å²) in [5.74, 6) is -7.02. The molecule has 0 unspecified atom stereocenters. The highest BCUT2D eigenvalue weighted by Gasteiger charge is 2.25. The summed E-state index contributed by atoms with van der Waals surface area (Å²) in [7, 11) is 1.13. The van der Waals surface area contributed by atoms with Gasteiger partial charge in [-0.15, -0.1) is 0 Å². The second-order valence-corrected chi connectivity index (χ2v) is 3.66. The Morgan fingerprint density at radius 1 is 0.947 bits per heavy atom. The Labute approximate surface area is 107 Å². The molecule has 0 spiro atoms. The molecule has 0 aliphatic carbocycles. The van der Waals surface area contributed by atoms with Crippen molar-refractivity contribution in [2.24, 2.45) is 0 Å². The number of hydrogen-bond donors (Lipinski definition) is 0. The Balaban J connectivity index is 3.16. The lowest BCUT2D eigenvalue weighted by Gasteiger charge is -2.11. The zero-order valence-electron chi connectivity index (χ0n) is 10.4. The van der Waals surface area contributed by atoms with E-state index < -0.39 is 53.6 Å². The van der Waals surface area contributed by atoms with E-state index in [1.165, 1.54) is 6.92 Å². The van der Waals surface area contributed by atoms with Crippen LogP contribution in [0.1, 0.15) is 24.5 Å². The molecule has 7 heteroatoms. The van der Waals surface area contributed by atoms with E-state index in [-0.39, 0.29) is 6.42 Å². The summed E-state index contributed by atoms with van der Waals surface area (Å²) in [5, 5.41) is 0. The fourth-order valence-electron chi connectivity index (χ4n) is 1.38. The van der Waals surface area contributed by atoms with Crippen molar-refractivity contribution in [1.29, 1.82) is 0 Å². The van der Waals surface area contributed by atoms with Crippen LogP contribution in [0.3, 0.4) is 0 Å². The van der Waals surface area contributed by atoms with E-state index in [9.17, 15) is 22.4 Å². The fraction of sp³-hybridized carbons (Fsp3) is 0.417. The smallest absolute Gasteiger partial charge is 0.305 e. The Morgan fingerprint density at radius 2 is 1.37 bits per heavy atom. The van der Waals surface area contributed by atoms with E-state index in [0.717, 1.165) is 7.11 Å². The molecule has 0 heterocycles. The largest absolute Gasteiger partial charge is 0.461 e. The SMILES string of the molecule is CCC(=O)OCc1c(F)c(F)c(COC)c(F)c1F. The Bertz CT molecular complexity index is 459. The first-order chi connectivity index (χ1) is 8.93. The first-order valence-electron chi connectivity index (χ1n) is 5.42. The minimum absolute atomic E-state index is 0.0179. The number of hydrogen-bond acceptors (Lipinski definition) is 3. The second kappa shape index (κ2) is 6.51. The molecular formula is C12H12F4O3. The maximum absolute atomic E-state index is 13.6. The van der Waals surface area contributed by atoms with Crippen LogP contribution in [0.2, 0.25) is 0 Å². The van der Waals surface area contributed by atoms with Crippen molar-refractivity contribution in [2.45, 2.75) is 26.6 Å². The zero-order chi connectivity index (χ0) is 14.6. The molecule has 0 fully saturated rings. The normalized spacial score (nSPS) is 10.6. The molecule has 0 saturated carbocycles. The predicted molar refractivity (Wildman–Crippen MR) is 57.1 cm³/mol. The number of methoxy groups -OCH3 is 1. The summed E-state index contributed by atoms with van der Waals surface area (Å²) in [6.45, 7) is -0.0100. The van der Waals surface area contributed by atoms with E-state index in [1.807, 2.05) is 0 Å². The maximum atomic E-state index is 13.6. The van der Waals surface area contributed by atoms with Gasteiger partial charge in [0.15, 0.2) is 23.3 Å². The van der Waals surface area contributed by atoms with Gasteiger partial charge in [-0.2, -0.15) is 0 Å². The number of benzene rings is 1. The molecule has 0 aliphatic heterocycles. The van der Waals surface area contributed by atoms with Crippen LogP contribution >= 0.6 is 0 Å². The van der Waals surface area contributed by atoms with Gasteiger partial charge in [-0.1, -0.05) is 6.92 Å². The van der Waals surface area contributed by atoms with Crippen molar-refractivity contribution in [2.75, 3.05) is 7.11 Å². The molecule has 0 N–H and O–H groups in total. The van der Waals surface area contributed by atoms with E-state index in [4.69, 9.17) is 0 Å². The Morgan fingerprint density at radius 3 is 1.74 bits per heavy atom. The highest BCUT2D eigenvalue weighted by Crippen LogP contribution is 2.25. The van der Waals surface area contributed by atoms with Crippen LogP contribution in [0, 0.1) is 23.3 Å². The number of halogens is 4. The van der Waals surface area contributed by atoms with Crippen LogP contribution in [0.4, 0.5) is 17.6 Å². The number of carbonyl (C=O) groups excluding carboxylic acids is 1. The van der Waals surface area contributed by atoms with Crippen molar-refractivity contribution >= 4 is 5.97 Å². The van der Waals surface area contributed by atoms with Gasteiger partial charge >= 0.3 is 5.97 Å². The molecule has 1 aromatic carbocycles. The monoisotopic (exact) mass is 280 g/mol. The van der Waals surface area contributed by atoms with Crippen molar-refractivity contribution in [1.82, 2.24) is 0 Å². The molecule has 0 radical (unpaired) electrons. The summed E-state index contributed by atoms with van der Waals surface area (Å²) in [6, 6.07) is 0. The van der Waals surface area contributed by atoms with Gasteiger partial charge in [0, 0.05) is 13.5 Å². The average molecular weight is 280 g/mol. The molecule has 0 bridgehead atoms. The fourth-order valence-corrected chi connectivity index (χ4v) is 1.38. The third-order valence-electron chi connectivity index (χ3n) is 2.40. The van der Waals surface area contributed by atoms with Gasteiger partial charge in [0.05, 0.1) is 17.7 Å². The van der Waals surface area contributed by atoms with Crippen LogP contribution in [-0.4, -0.2) is 13.1 Å². The van der Waals surface area contributed by atoms with Crippen molar-refractivity contribution < 1.29 is 31.8 Å². The molecule has 0 saturated heterocycles. The van der Waals surface area contributed by atoms with Crippen LogP contribution < -0.4 is 0 Å².